The van der Waals surface area contributed by atoms with Crippen molar-refractivity contribution >= 4 is 28.3 Å². The van der Waals surface area contributed by atoms with Crippen LogP contribution in [-0.2, 0) is 10.2 Å². The summed E-state index contributed by atoms with van der Waals surface area (Å²) in [5.74, 6) is 1.40. The Balaban J connectivity index is 1.29. The molecule has 1 aromatic heterocycles. The first kappa shape index (κ1) is 29.6. The fourth-order valence-electron chi connectivity index (χ4n) is 5.11. The minimum Gasteiger partial charge on any atom is -0.492 e. The van der Waals surface area contributed by atoms with Gasteiger partial charge in [0.25, 0.3) is 0 Å². The molecule has 2 amide bonds. The van der Waals surface area contributed by atoms with Crippen LogP contribution in [-0.4, -0.2) is 73.3 Å². The summed E-state index contributed by atoms with van der Waals surface area (Å²) in [6.07, 6.45) is 0.205. The smallest absolute Gasteiger partial charge is 0.324 e. The number of carbonyl (C=O) groups excluding carboxylic acids is 1. The SMILES string of the molecule is CNCC1CN(CCOc2ccc(NC(=O)Nc3cc(C(C)(C)C)nn3-c3ccc(C)cc3)c3ccccc23)CCO1. The number of aryl methyl sites for hydroxylation is 1. The Labute approximate surface area is 248 Å². The minimum atomic E-state index is -0.342. The number of nitrogens with one attached hydrogen (secondary N) is 3. The Hall–Kier alpha value is -3.92. The maximum atomic E-state index is 13.3. The van der Waals surface area contributed by atoms with Crippen molar-refractivity contribution in [1.29, 1.82) is 0 Å². The first-order valence-electron chi connectivity index (χ1n) is 14.6. The largest absolute Gasteiger partial charge is 0.492 e. The normalized spacial score (nSPS) is 16.0. The van der Waals surface area contributed by atoms with Crippen LogP contribution in [0.4, 0.5) is 16.3 Å². The first-order chi connectivity index (χ1) is 20.2. The molecule has 9 nitrogen and oxygen atoms in total. The fraction of sp³-hybridized carbons (Fsp3) is 0.394. The van der Waals surface area contributed by atoms with E-state index in [0.29, 0.717) is 18.1 Å². The van der Waals surface area contributed by atoms with Gasteiger partial charge in [0.15, 0.2) is 0 Å². The van der Waals surface area contributed by atoms with Gasteiger partial charge < -0.3 is 20.1 Å². The van der Waals surface area contributed by atoms with Crippen molar-refractivity contribution in [2.75, 3.05) is 57.1 Å². The molecule has 42 heavy (non-hydrogen) atoms. The van der Waals surface area contributed by atoms with Crippen molar-refractivity contribution in [2.45, 2.75) is 39.2 Å². The average Bonchev–Trinajstić information content (AvgIpc) is 3.39. The third kappa shape index (κ3) is 7.10. The highest BCUT2D eigenvalue weighted by Crippen LogP contribution is 2.32. The zero-order valence-corrected chi connectivity index (χ0v) is 25.2. The highest BCUT2D eigenvalue weighted by molar-refractivity contribution is 6.07. The number of urea groups is 1. The molecule has 4 aromatic rings. The molecule has 1 aliphatic heterocycles. The predicted octanol–water partition coefficient (Wildman–Crippen LogP) is 5.57. The number of carbonyl (C=O) groups is 1. The van der Waals surface area contributed by atoms with Gasteiger partial charge in [0.05, 0.1) is 29.8 Å². The second-order valence-corrected chi connectivity index (χ2v) is 11.8. The first-order valence-corrected chi connectivity index (χ1v) is 14.6. The summed E-state index contributed by atoms with van der Waals surface area (Å²) in [6, 6.07) is 21.5. The molecule has 0 radical (unpaired) electrons. The Morgan fingerprint density at radius 1 is 1.05 bits per heavy atom. The summed E-state index contributed by atoms with van der Waals surface area (Å²) in [4.78, 5) is 15.7. The number of likely N-dealkylation sites (N-methyl/N-ethyl adjacent to an activating group) is 1. The van der Waals surface area contributed by atoms with Gasteiger partial charge in [-0.25, -0.2) is 9.48 Å². The van der Waals surface area contributed by atoms with Gasteiger partial charge in [-0.15, -0.1) is 0 Å². The monoisotopic (exact) mass is 570 g/mol. The van der Waals surface area contributed by atoms with Gasteiger partial charge in [-0.3, -0.25) is 10.2 Å². The third-order valence-corrected chi connectivity index (χ3v) is 7.45. The van der Waals surface area contributed by atoms with Gasteiger partial charge in [0.2, 0.25) is 0 Å². The number of amides is 2. The van der Waals surface area contributed by atoms with E-state index in [0.717, 1.165) is 66.3 Å². The van der Waals surface area contributed by atoms with Crippen LogP contribution in [0.5, 0.6) is 5.75 Å². The van der Waals surface area contributed by atoms with Gasteiger partial charge in [0.1, 0.15) is 18.2 Å². The standard InChI is InChI=1S/C33H42N6O3/c1-23-10-12-24(13-11-23)39-31(20-30(37-39)33(2,3)4)36-32(40)35-28-14-15-29(27-9-7-6-8-26(27)28)42-19-17-38-16-18-41-25(22-38)21-34-5/h6-15,20,25,34H,16-19,21-22H2,1-5H3,(H2,35,36,40). The molecular weight excluding hydrogens is 528 g/mol. The van der Waals surface area contributed by atoms with Gasteiger partial charge >= 0.3 is 6.03 Å². The van der Waals surface area contributed by atoms with Crippen molar-refractivity contribution in [3.63, 3.8) is 0 Å². The molecule has 1 saturated heterocycles. The van der Waals surface area contributed by atoms with E-state index in [-0.39, 0.29) is 17.6 Å². The van der Waals surface area contributed by atoms with Gasteiger partial charge in [-0.2, -0.15) is 5.10 Å². The Morgan fingerprint density at radius 2 is 1.81 bits per heavy atom. The number of hydrogen-bond acceptors (Lipinski definition) is 6. The highest BCUT2D eigenvalue weighted by atomic mass is 16.5. The maximum absolute atomic E-state index is 13.3. The molecule has 1 unspecified atom stereocenters. The lowest BCUT2D eigenvalue weighted by atomic mass is 9.92. The summed E-state index contributed by atoms with van der Waals surface area (Å²) >= 11 is 0. The highest BCUT2D eigenvalue weighted by Gasteiger charge is 2.22. The van der Waals surface area contributed by atoms with Crippen LogP contribution >= 0.6 is 0 Å². The van der Waals surface area contributed by atoms with Crippen LogP contribution in [0.15, 0.2) is 66.7 Å². The van der Waals surface area contributed by atoms with E-state index in [9.17, 15) is 4.79 Å². The molecule has 0 aliphatic carbocycles. The number of benzene rings is 3. The predicted molar refractivity (Wildman–Crippen MR) is 169 cm³/mol. The molecule has 2 heterocycles. The van der Waals surface area contributed by atoms with E-state index in [4.69, 9.17) is 14.6 Å². The number of ether oxygens (including phenoxy) is 2. The van der Waals surface area contributed by atoms with E-state index < -0.39 is 0 Å². The Kier molecular flexibility index (Phi) is 9.11. The van der Waals surface area contributed by atoms with E-state index in [1.165, 1.54) is 0 Å². The molecule has 1 atom stereocenters. The van der Waals surface area contributed by atoms with Crippen LogP contribution < -0.4 is 20.7 Å². The summed E-state index contributed by atoms with van der Waals surface area (Å²) < 4.78 is 13.8. The maximum Gasteiger partial charge on any atom is 0.324 e. The molecule has 3 aromatic carbocycles. The molecule has 5 rings (SSSR count). The van der Waals surface area contributed by atoms with E-state index in [1.54, 1.807) is 4.68 Å². The number of morpholine rings is 1. The number of anilines is 2. The summed E-state index contributed by atoms with van der Waals surface area (Å²) in [5, 5.41) is 15.9. The lowest BCUT2D eigenvalue weighted by Crippen LogP contribution is -2.47. The molecule has 0 spiro atoms. The summed E-state index contributed by atoms with van der Waals surface area (Å²) in [6.45, 7) is 13.1. The second kappa shape index (κ2) is 12.9. The van der Waals surface area contributed by atoms with Crippen molar-refractivity contribution in [3.05, 3.63) is 78.0 Å². The number of nitrogens with zero attached hydrogens (tertiary/aromatic N) is 3. The number of hydrogen-bond donors (Lipinski definition) is 3. The average molecular weight is 571 g/mol. The number of aromatic nitrogens is 2. The Bertz CT molecular complexity index is 1510. The van der Waals surface area contributed by atoms with Crippen molar-refractivity contribution in [1.82, 2.24) is 20.0 Å². The van der Waals surface area contributed by atoms with Crippen LogP contribution in [0.1, 0.15) is 32.0 Å². The lowest BCUT2D eigenvalue weighted by molar-refractivity contribution is -0.0291. The van der Waals surface area contributed by atoms with Crippen molar-refractivity contribution in [2.24, 2.45) is 0 Å². The van der Waals surface area contributed by atoms with E-state index >= 15 is 0 Å². The quantitative estimate of drug-likeness (QED) is 0.244. The molecule has 222 valence electrons. The van der Waals surface area contributed by atoms with Crippen LogP contribution in [0.3, 0.4) is 0 Å². The lowest BCUT2D eigenvalue weighted by Gasteiger charge is -2.32. The van der Waals surface area contributed by atoms with Gasteiger partial charge in [-0.05, 0) is 38.2 Å². The zero-order valence-electron chi connectivity index (χ0n) is 25.2. The van der Waals surface area contributed by atoms with Gasteiger partial charge in [0, 0.05) is 48.4 Å². The third-order valence-electron chi connectivity index (χ3n) is 7.45. The molecular formula is C33H42N6O3. The van der Waals surface area contributed by atoms with Crippen molar-refractivity contribution in [3.8, 4) is 11.4 Å². The Morgan fingerprint density at radius 3 is 2.55 bits per heavy atom. The number of fused-ring (bicyclic) bond motifs is 1. The zero-order chi connectivity index (χ0) is 29.7. The molecule has 1 aliphatic rings. The molecule has 3 N–H and O–H groups in total. The number of rotatable bonds is 9. The molecule has 0 saturated carbocycles. The van der Waals surface area contributed by atoms with Crippen LogP contribution in [0.2, 0.25) is 0 Å². The van der Waals surface area contributed by atoms with Crippen molar-refractivity contribution < 1.29 is 14.3 Å². The second-order valence-electron chi connectivity index (χ2n) is 11.8. The summed E-state index contributed by atoms with van der Waals surface area (Å²) in [5.41, 5.74) is 3.46. The molecule has 1 fully saturated rings. The van der Waals surface area contributed by atoms with E-state index in [1.807, 2.05) is 80.7 Å². The topological polar surface area (TPSA) is 92.7 Å². The summed E-state index contributed by atoms with van der Waals surface area (Å²) in [7, 11) is 1.95. The fourth-order valence-corrected chi connectivity index (χ4v) is 5.11. The van der Waals surface area contributed by atoms with Crippen LogP contribution in [0.25, 0.3) is 16.5 Å². The molecule has 9 heteroatoms. The van der Waals surface area contributed by atoms with E-state index in [2.05, 4.69) is 41.6 Å². The van der Waals surface area contributed by atoms with Crippen LogP contribution in [0, 0.1) is 6.92 Å². The van der Waals surface area contributed by atoms with Gasteiger partial charge in [-0.1, -0.05) is 62.7 Å². The minimum absolute atomic E-state index is 0.176. The molecule has 0 bridgehead atoms.